The van der Waals surface area contributed by atoms with E-state index in [0.717, 1.165) is 12.8 Å². The van der Waals surface area contributed by atoms with Crippen LogP contribution >= 0.6 is 15.9 Å². The van der Waals surface area contributed by atoms with Gasteiger partial charge in [0.15, 0.2) is 0 Å². The second-order valence-electron chi connectivity index (χ2n) is 4.74. The summed E-state index contributed by atoms with van der Waals surface area (Å²) in [6, 6.07) is 3.41. The number of aliphatic hydroxyl groups is 1. The van der Waals surface area contributed by atoms with E-state index in [1.807, 2.05) is 0 Å². The second-order valence-corrected chi connectivity index (χ2v) is 5.59. The number of carbonyl (C=O) groups is 1. The summed E-state index contributed by atoms with van der Waals surface area (Å²) in [7, 11) is 3.07. The monoisotopic (exact) mass is 343 g/mol. The fraction of sp³-hybridized carbons (Fsp3) is 0.500. The minimum atomic E-state index is -0.451. The van der Waals surface area contributed by atoms with Gasteiger partial charge in [-0.05, 0) is 40.9 Å². The molecule has 1 saturated heterocycles. The Morgan fingerprint density at radius 3 is 2.75 bits per heavy atom. The molecule has 1 fully saturated rings. The number of aliphatic hydroxyl groups excluding tert-OH is 1. The summed E-state index contributed by atoms with van der Waals surface area (Å²) < 4.78 is 11.2. The molecular weight excluding hydrogens is 326 g/mol. The van der Waals surface area contributed by atoms with E-state index < -0.39 is 6.10 Å². The molecule has 1 amide bonds. The Hall–Kier alpha value is -1.27. The predicted octanol–water partition coefficient (Wildman–Crippen LogP) is 2.06. The van der Waals surface area contributed by atoms with E-state index >= 15 is 0 Å². The Kier molecular flexibility index (Phi) is 4.88. The van der Waals surface area contributed by atoms with Crippen molar-refractivity contribution in [3.8, 4) is 11.5 Å². The number of amides is 1. The summed E-state index contributed by atoms with van der Waals surface area (Å²) >= 11 is 3.38. The number of piperidine rings is 1. The van der Waals surface area contributed by atoms with Gasteiger partial charge in [-0.1, -0.05) is 0 Å². The first-order valence-electron chi connectivity index (χ1n) is 6.45. The van der Waals surface area contributed by atoms with Crippen LogP contribution in [0.25, 0.3) is 0 Å². The Balaban J connectivity index is 2.34. The van der Waals surface area contributed by atoms with Crippen LogP contribution in [-0.2, 0) is 0 Å². The van der Waals surface area contributed by atoms with Crippen LogP contribution in [0, 0.1) is 0 Å². The highest BCUT2D eigenvalue weighted by Crippen LogP contribution is 2.34. The molecule has 6 heteroatoms. The molecule has 1 aliphatic heterocycles. The number of likely N-dealkylation sites (tertiary alicyclic amines) is 1. The number of benzene rings is 1. The second kappa shape index (κ2) is 6.45. The molecule has 1 aromatic carbocycles. The van der Waals surface area contributed by atoms with Gasteiger partial charge in [0.25, 0.3) is 5.91 Å². The zero-order valence-corrected chi connectivity index (χ0v) is 13.1. The smallest absolute Gasteiger partial charge is 0.257 e. The summed E-state index contributed by atoms with van der Waals surface area (Å²) in [4.78, 5) is 14.3. The van der Waals surface area contributed by atoms with Gasteiger partial charge < -0.3 is 19.5 Å². The van der Waals surface area contributed by atoms with Crippen molar-refractivity contribution in [1.29, 1.82) is 0 Å². The van der Waals surface area contributed by atoms with Crippen molar-refractivity contribution in [2.45, 2.75) is 18.9 Å². The largest absolute Gasteiger partial charge is 0.497 e. The fourth-order valence-electron chi connectivity index (χ4n) is 2.36. The third-order valence-electron chi connectivity index (χ3n) is 3.37. The lowest BCUT2D eigenvalue weighted by Crippen LogP contribution is -2.42. The van der Waals surface area contributed by atoms with Crippen LogP contribution in [0.1, 0.15) is 23.2 Å². The molecule has 0 unspecified atom stereocenters. The van der Waals surface area contributed by atoms with Crippen LogP contribution in [0.5, 0.6) is 11.5 Å². The van der Waals surface area contributed by atoms with E-state index in [-0.39, 0.29) is 5.91 Å². The molecule has 0 saturated carbocycles. The molecule has 2 rings (SSSR count). The maximum Gasteiger partial charge on any atom is 0.257 e. The Morgan fingerprint density at radius 1 is 1.40 bits per heavy atom. The first-order chi connectivity index (χ1) is 9.56. The first-order valence-corrected chi connectivity index (χ1v) is 7.25. The van der Waals surface area contributed by atoms with Crippen LogP contribution in [0.2, 0.25) is 0 Å². The summed E-state index contributed by atoms with van der Waals surface area (Å²) in [5, 5.41) is 9.70. The lowest BCUT2D eigenvalue weighted by atomic mass is 10.1. The quantitative estimate of drug-likeness (QED) is 0.912. The summed E-state index contributed by atoms with van der Waals surface area (Å²) in [5.41, 5.74) is 0.438. The lowest BCUT2D eigenvalue weighted by molar-refractivity contribution is 0.0470. The molecule has 1 N–H and O–H groups in total. The molecule has 0 aliphatic carbocycles. The number of methoxy groups -OCH3 is 2. The molecule has 1 heterocycles. The van der Waals surface area contributed by atoms with Crippen LogP contribution in [0.4, 0.5) is 0 Å². The number of nitrogens with zero attached hydrogens (tertiary/aromatic N) is 1. The highest BCUT2D eigenvalue weighted by Gasteiger charge is 2.26. The molecule has 0 bridgehead atoms. The Morgan fingerprint density at radius 2 is 2.15 bits per heavy atom. The van der Waals surface area contributed by atoms with Crippen molar-refractivity contribution in [3.05, 3.63) is 22.2 Å². The molecule has 20 heavy (non-hydrogen) atoms. The molecular formula is C14H18BrNO4. The van der Waals surface area contributed by atoms with Crippen LogP contribution in [-0.4, -0.2) is 49.3 Å². The predicted molar refractivity (Wildman–Crippen MR) is 78.4 cm³/mol. The van der Waals surface area contributed by atoms with Gasteiger partial charge in [-0.3, -0.25) is 4.79 Å². The molecule has 0 spiro atoms. The molecule has 1 aromatic rings. The normalized spacial score (nSPS) is 18.8. The van der Waals surface area contributed by atoms with Crippen molar-refractivity contribution < 1.29 is 19.4 Å². The molecule has 0 aromatic heterocycles. The van der Waals surface area contributed by atoms with E-state index in [9.17, 15) is 9.90 Å². The topological polar surface area (TPSA) is 59.0 Å². The van der Waals surface area contributed by atoms with E-state index in [4.69, 9.17) is 9.47 Å². The summed E-state index contributed by atoms with van der Waals surface area (Å²) in [6.07, 6.45) is 1.09. The molecule has 5 nitrogen and oxygen atoms in total. The minimum absolute atomic E-state index is 0.153. The molecule has 1 aliphatic rings. The minimum Gasteiger partial charge on any atom is -0.497 e. The van der Waals surface area contributed by atoms with Crippen molar-refractivity contribution in [3.63, 3.8) is 0 Å². The van der Waals surface area contributed by atoms with E-state index in [1.54, 1.807) is 24.1 Å². The number of hydrogen-bond donors (Lipinski definition) is 1. The van der Waals surface area contributed by atoms with E-state index in [0.29, 0.717) is 34.6 Å². The number of rotatable bonds is 3. The zero-order valence-electron chi connectivity index (χ0n) is 11.6. The maximum absolute atomic E-state index is 12.6. The maximum atomic E-state index is 12.6. The number of halogens is 1. The fourth-order valence-corrected chi connectivity index (χ4v) is 2.96. The van der Waals surface area contributed by atoms with Crippen molar-refractivity contribution >= 4 is 21.8 Å². The van der Waals surface area contributed by atoms with Gasteiger partial charge in [0.1, 0.15) is 11.5 Å². The van der Waals surface area contributed by atoms with Gasteiger partial charge in [-0.15, -0.1) is 0 Å². The molecule has 110 valence electrons. The lowest BCUT2D eigenvalue weighted by Gasteiger charge is -2.30. The van der Waals surface area contributed by atoms with Gasteiger partial charge in [0, 0.05) is 13.1 Å². The molecule has 0 radical (unpaired) electrons. The number of ether oxygens (including phenoxy) is 2. The first kappa shape index (κ1) is 15.1. The van der Waals surface area contributed by atoms with Gasteiger partial charge in [0.05, 0.1) is 30.4 Å². The van der Waals surface area contributed by atoms with Gasteiger partial charge >= 0.3 is 0 Å². The van der Waals surface area contributed by atoms with Gasteiger partial charge in [-0.25, -0.2) is 0 Å². The van der Waals surface area contributed by atoms with Crippen molar-refractivity contribution in [2.24, 2.45) is 0 Å². The van der Waals surface area contributed by atoms with E-state index in [2.05, 4.69) is 15.9 Å². The average Bonchev–Trinajstić information content (AvgIpc) is 2.45. The molecule has 1 atom stereocenters. The van der Waals surface area contributed by atoms with Crippen molar-refractivity contribution in [2.75, 3.05) is 27.3 Å². The standard InChI is InChI=1S/C14H18BrNO4/c1-19-10-6-11(13(20-2)12(15)7-10)14(18)16-5-3-4-9(17)8-16/h6-7,9,17H,3-5,8H2,1-2H3/t9-/m0/s1. The number of hydrogen-bond acceptors (Lipinski definition) is 4. The average molecular weight is 344 g/mol. The van der Waals surface area contributed by atoms with Crippen LogP contribution in [0.3, 0.4) is 0 Å². The summed E-state index contributed by atoms with van der Waals surface area (Å²) in [5.74, 6) is 0.912. The van der Waals surface area contributed by atoms with Gasteiger partial charge in [-0.2, -0.15) is 0 Å². The van der Waals surface area contributed by atoms with Crippen LogP contribution < -0.4 is 9.47 Å². The highest BCUT2D eigenvalue weighted by molar-refractivity contribution is 9.10. The zero-order chi connectivity index (χ0) is 14.7. The number of β-amino-alcohol motifs (C(OH)–C–C–N with tert-alkyl or cyclic N) is 1. The van der Waals surface area contributed by atoms with Gasteiger partial charge in [0.2, 0.25) is 0 Å². The van der Waals surface area contributed by atoms with Crippen LogP contribution in [0.15, 0.2) is 16.6 Å². The van der Waals surface area contributed by atoms with Crippen molar-refractivity contribution in [1.82, 2.24) is 4.90 Å². The third-order valence-corrected chi connectivity index (χ3v) is 3.96. The SMILES string of the molecule is COc1cc(Br)c(OC)c(C(=O)N2CCC[C@H](O)C2)c1. The number of carbonyl (C=O) groups excluding carboxylic acids is 1. The Labute approximate surface area is 126 Å². The van der Waals surface area contributed by atoms with E-state index in [1.165, 1.54) is 7.11 Å². The Bertz CT molecular complexity index is 506. The summed E-state index contributed by atoms with van der Waals surface area (Å²) in [6.45, 7) is 1.00. The third kappa shape index (κ3) is 3.07. The highest BCUT2D eigenvalue weighted by atomic mass is 79.9.